The van der Waals surface area contributed by atoms with E-state index in [1.807, 2.05) is 0 Å². The minimum Gasteiger partial charge on any atom is -0.497 e. The van der Waals surface area contributed by atoms with Crippen LogP contribution >= 0.6 is 0 Å². The quantitative estimate of drug-likeness (QED) is 0.928. The molecule has 0 aromatic heterocycles. The topological polar surface area (TPSA) is 74.2 Å². The van der Waals surface area contributed by atoms with E-state index in [1.54, 1.807) is 43.5 Å². The summed E-state index contributed by atoms with van der Waals surface area (Å²) in [6, 6.07) is 10.2. The van der Waals surface area contributed by atoms with E-state index in [1.165, 1.54) is 14.2 Å². The van der Waals surface area contributed by atoms with Gasteiger partial charge in [-0.3, -0.25) is 4.79 Å². The van der Waals surface area contributed by atoms with Crippen molar-refractivity contribution in [1.29, 1.82) is 0 Å². The summed E-state index contributed by atoms with van der Waals surface area (Å²) in [6.07, 6.45) is -2.14. The second-order valence-corrected chi connectivity index (χ2v) is 5.32. The molecule has 0 amide bonds. The van der Waals surface area contributed by atoms with Gasteiger partial charge in [-0.1, -0.05) is 12.1 Å². The zero-order valence-electron chi connectivity index (χ0n) is 13.6. The van der Waals surface area contributed by atoms with Crippen LogP contribution in [-0.2, 0) is 0 Å². The van der Waals surface area contributed by atoms with E-state index >= 15 is 0 Å². The van der Waals surface area contributed by atoms with Gasteiger partial charge in [-0.2, -0.15) is 0 Å². The first-order chi connectivity index (χ1) is 11.6. The lowest BCUT2D eigenvalue weighted by molar-refractivity contribution is 0.0210. The Morgan fingerprint density at radius 2 is 1.62 bits per heavy atom. The average Bonchev–Trinajstić information content (AvgIpc) is 2.63. The molecule has 3 rings (SSSR count). The minimum absolute atomic E-state index is 0.218. The largest absolute Gasteiger partial charge is 0.497 e. The van der Waals surface area contributed by atoms with Crippen molar-refractivity contribution in [1.82, 2.24) is 0 Å². The highest BCUT2D eigenvalue weighted by atomic mass is 16.5. The van der Waals surface area contributed by atoms with Gasteiger partial charge in [-0.25, -0.2) is 0 Å². The zero-order valence-corrected chi connectivity index (χ0v) is 13.6. The maximum atomic E-state index is 12.6. The van der Waals surface area contributed by atoms with Crippen molar-refractivity contribution in [2.45, 2.75) is 12.2 Å². The molecule has 2 aromatic carbocycles. The molecule has 6 heteroatoms. The molecule has 0 unspecified atom stereocenters. The van der Waals surface area contributed by atoms with Crippen molar-refractivity contribution in [3.05, 3.63) is 47.5 Å². The highest BCUT2D eigenvalue weighted by Gasteiger charge is 2.39. The summed E-state index contributed by atoms with van der Waals surface area (Å²) in [4.78, 5) is 12.6. The molecule has 0 aliphatic carbocycles. The van der Waals surface area contributed by atoms with Crippen LogP contribution in [0.4, 0.5) is 0 Å². The van der Waals surface area contributed by atoms with Crippen molar-refractivity contribution in [2.75, 3.05) is 21.3 Å². The molecular formula is C18H18O6. The summed E-state index contributed by atoms with van der Waals surface area (Å²) in [5.74, 6) is 1.36. The standard InChI is InChI=1S/C18H18O6/c1-21-11-6-4-10(5-7-11)18-17(20)16(19)15-13(23-3)8-12(22-2)9-14(15)24-18/h4-9,17-18,20H,1-3H3/t17-,18+/m0/s1. The Labute approximate surface area is 139 Å². The number of carbonyl (C=O) groups is 1. The maximum Gasteiger partial charge on any atom is 0.202 e. The number of rotatable bonds is 4. The van der Waals surface area contributed by atoms with Crippen molar-refractivity contribution < 1.29 is 28.8 Å². The van der Waals surface area contributed by atoms with Gasteiger partial charge in [0.15, 0.2) is 12.2 Å². The Balaban J connectivity index is 2.04. The Morgan fingerprint density at radius 3 is 2.21 bits per heavy atom. The summed E-state index contributed by atoms with van der Waals surface area (Å²) in [5, 5.41) is 10.4. The van der Waals surface area contributed by atoms with Gasteiger partial charge < -0.3 is 24.1 Å². The summed E-state index contributed by atoms with van der Waals surface area (Å²) >= 11 is 0. The van der Waals surface area contributed by atoms with E-state index in [4.69, 9.17) is 18.9 Å². The van der Waals surface area contributed by atoms with E-state index in [2.05, 4.69) is 0 Å². The number of aliphatic hydroxyl groups is 1. The number of hydrogen-bond acceptors (Lipinski definition) is 6. The number of carbonyl (C=O) groups excluding carboxylic acids is 1. The molecule has 0 bridgehead atoms. The molecule has 0 radical (unpaired) electrons. The molecule has 126 valence electrons. The van der Waals surface area contributed by atoms with Crippen molar-refractivity contribution in [3.8, 4) is 23.0 Å². The van der Waals surface area contributed by atoms with Crippen LogP contribution in [0.15, 0.2) is 36.4 Å². The Morgan fingerprint density at radius 1 is 0.958 bits per heavy atom. The van der Waals surface area contributed by atoms with E-state index in [0.717, 1.165) is 0 Å². The second-order valence-electron chi connectivity index (χ2n) is 5.32. The highest BCUT2D eigenvalue weighted by molar-refractivity contribution is 6.05. The Hall–Kier alpha value is -2.73. The van der Waals surface area contributed by atoms with Crippen molar-refractivity contribution in [3.63, 3.8) is 0 Å². The first-order valence-corrected chi connectivity index (χ1v) is 7.38. The lowest BCUT2D eigenvalue weighted by atomic mass is 9.93. The first kappa shape index (κ1) is 16.1. The molecule has 2 aromatic rings. The smallest absolute Gasteiger partial charge is 0.202 e. The van der Waals surface area contributed by atoms with E-state index in [-0.39, 0.29) is 5.56 Å². The van der Waals surface area contributed by atoms with Crippen LogP contribution in [0, 0.1) is 0 Å². The van der Waals surface area contributed by atoms with Crippen molar-refractivity contribution >= 4 is 5.78 Å². The maximum absolute atomic E-state index is 12.6. The van der Waals surface area contributed by atoms with Crippen LogP contribution in [0.25, 0.3) is 0 Å². The van der Waals surface area contributed by atoms with Gasteiger partial charge in [0.25, 0.3) is 0 Å². The number of benzene rings is 2. The molecule has 1 N–H and O–H groups in total. The van der Waals surface area contributed by atoms with Crippen LogP contribution in [0.3, 0.4) is 0 Å². The monoisotopic (exact) mass is 330 g/mol. The third-order valence-corrected chi connectivity index (χ3v) is 4.00. The Bertz CT molecular complexity index is 753. The summed E-state index contributed by atoms with van der Waals surface area (Å²) in [6.45, 7) is 0. The van der Waals surface area contributed by atoms with Crippen LogP contribution in [0.1, 0.15) is 22.0 Å². The Kier molecular flexibility index (Phi) is 4.31. The van der Waals surface area contributed by atoms with Gasteiger partial charge in [0.05, 0.1) is 21.3 Å². The van der Waals surface area contributed by atoms with Crippen LogP contribution < -0.4 is 18.9 Å². The lowest BCUT2D eigenvalue weighted by Gasteiger charge is -2.30. The average molecular weight is 330 g/mol. The fourth-order valence-corrected chi connectivity index (χ4v) is 2.71. The molecule has 0 saturated carbocycles. The van der Waals surface area contributed by atoms with Gasteiger partial charge in [-0.15, -0.1) is 0 Å². The van der Waals surface area contributed by atoms with Crippen molar-refractivity contribution in [2.24, 2.45) is 0 Å². The molecule has 1 aliphatic heterocycles. The zero-order chi connectivity index (χ0) is 17.3. The van der Waals surface area contributed by atoms with E-state index in [9.17, 15) is 9.90 Å². The number of ketones is 1. The molecule has 0 spiro atoms. The minimum atomic E-state index is -1.33. The molecule has 1 heterocycles. The molecule has 0 saturated heterocycles. The number of aliphatic hydroxyl groups excluding tert-OH is 1. The molecule has 1 aliphatic rings. The van der Waals surface area contributed by atoms with Gasteiger partial charge in [-0.05, 0) is 17.7 Å². The van der Waals surface area contributed by atoms with E-state index < -0.39 is 18.0 Å². The molecular weight excluding hydrogens is 312 g/mol. The fraction of sp³-hybridized carbons (Fsp3) is 0.278. The molecule has 0 fully saturated rings. The van der Waals surface area contributed by atoms with Gasteiger partial charge in [0, 0.05) is 12.1 Å². The number of Topliss-reactive ketones (excluding diaryl/α,β-unsaturated/α-hetero) is 1. The second kappa shape index (κ2) is 6.41. The predicted octanol–water partition coefficient (Wildman–Crippen LogP) is 2.39. The molecule has 6 nitrogen and oxygen atoms in total. The van der Waals surface area contributed by atoms with Crippen LogP contribution in [0.2, 0.25) is 0 Å². The van der Waals surface area contributed by atoms with E-state index in [0.29, 0.717) is 28.6 Å². The highest BCUT2D eigenvalue weighted by Crippen LogP contribution is 2.42. The first-order valence-electron chi connectivity index (χ1n) is 7.38. The number of ether oxygens (including phenoxy) is 4. The third-order valence-electron chi connectivity index (χ3n) is 4.00. The van der Waals surface area contributed by atoms with Crippen LogP contribution in [0.5, 0.6) is 23.0 Å². The van der Waals surface area contributed by atoms with Gasteiger partial charge >= 0.3 is 0 Å². The predicted molar refractivity (Wildman–Crippen MR) is 86.2 cm³/mol. The normalized spacial score (nSPS) is 19.2. The lowest BCUT2D eigenvalue weighted by Crippen LogP contribution is -2.36. The van der Waals surface area contributed by atoms with Gasteiger partial charge in [0.1, 0.15) is 28.6 Å². The summed E-state index contributed by atoms with van der Waals surface area (Å²) in [5.41, 5.74) is 0.889. The fourth-order valence-electron chi connectivity index (χ4n) is 2.71. The van der Waals surface area contributed by atoms with Crippen LogP contribution in [-0.4, -0.2) is 38.3 Å². The summed E-state index contributed by atoms with van der Waals surface area (Å²) < 4.78 is 21.4. The number of fused-ring (bicyclic) bond motifs is 1. The number of methoxy groups -OCH3 is 3. The molecule has 24 heavy (non-hydrogen) atoms. The summed E-state index contributed by atoms with van der Waals surface area (Å²) in [7, 11) is 4.53. The third kappa shape index (κ3) is 2.65. The number of hydrogen-bond donors (Lipinski definition) is 1. The molecule has 2 atom stereocenters. The van der Waals surface area contributed by atoms with Gasteiger partial charge in [0.2, 0.25) is 5.78 Å². The SMILES string of the molecule is COc1ccc([C@H]2Oc3cc(OC)cc(OC)c3C(=O)[C@@H]2O)cc1.